The summed E-state index contributed by atoms with van der Waals surface area (Å²) in [4.78, 5) is 10.9. The Hall–Kier alpha value is 0.387. The van der Waals surface area contributed by atoms with Gasteiger partial charge in [0, 0.05) is 15.6 Å². The third-order valence-corrected chi connectivity index (χ3v) is 8.57. The van der Waals surface area contributed by atoms with E-state index in [9.17, 15) is 4.79 Å². The van der Waals surface area contributed by atoms with Gasteiger partial charge in [0.1, 0.15) is 0 Å². The van der Waals surface area contributed by atoms with Gasteiger partial charge < -0.3 is 4.74 Å². The van der Waals surface area contributed by atoms with Gasteiger partial charge >= 0.3 is 5.97 Å². The molecule has 0 aromatic heterocycles. The number of carbonyl (C=O) groups excluding carboxylic acids is 1. The number of carbonyl (C=O) groups is 1. The molecule has 2 nitrogen and oxygen atoms in total. The normalized spacial score (nSPS) is 11.5. The van der Waals surface area contributed by atoms with Crippen LogP contribution in [-0.2, 0) is 9.53 Å². The summed E-state index contributed by atoms with van der Waals surface area (Å²) in [6.07, 6.45) is 20.1. The molecule has 0 atom stereocenters. The highest BCUT2D eigenvalue weighted by molar-refractivity contribution is 9.25. The molecule has 0 saturated heterocycles. The highest BCUT2D eigenvalue weighted by atomic mass is 79.9. The van der Waals surface area contributed by atoms with Gasteiger partial charge in [0.25, 0.3) is 0 Å². The molecule has 0 radical (unpaired) electrons. The van der Waals surface area contributed by atoms with E-state index in [4.69, 9.17) is 4.74 Å². The number of halogens is 2. The van der Waals surface area contributed by atoms with Gasteiger partial charge in [0.15, 0.2) is 0 Å². The van der Waals surface area contributed by atoms with E-state index in [-0.39, 0.29) is 15.5 Å². The second-order valence-corrected chi connectivity index (χ2v) is 14.8. The van der Waals surface area contributed by atoms with Gasteiger partial charge in [-0.2, -0.15) is 0 Å². The fraction of sp³-hybridized carbons (Fsp3) is 0.850. The first-order chi connectivity index (χ1) is 12.2. The van der Waals surface area contributed by atoms with Crippen molar-refractivity contribution >= 4 is 47.3 Å². The lowest BCUT2D eigenvalue weighted by Crippen LogP contribution is -2.01. The molecule has 0 heterocycles. The number of alkyl halides is 2. The predicted molar refractivity (Wildman–Crippen MR) is 121 cm³/mol. The number of ether oxygens (including phenoxy) is 1. The topological polar surface area (TPSA) is 26.3 Å². The lowest BCUT2D eigenvalue weighted by Gasteiger charge is -2.04. The number of esters is 1. The van der Waals surface area contributed by atoms with E-state index in [1.54, 1.807) is 0 Å². The minimum atomic E-state index is -0.302. The summed E-state index contributed by atoms with van der Waals surface area (Å²) in [5, 5.41) is 0. The fourth-order valence-electron chi connectivity index (χ4n) is 2.93. The molecule has 25 heavy (non-hydrogen) atoms. The standard InChI is InChI=1S/C20H38Br2O2Si/c1-2-19(23)24-17-15-13-11-9-7-5-3-4-6-8-10-12-14-16-18-25-20(21)22/h2,20H,1,3-18,25H2. The van der Waals surface area contributed by atoms with Gasteiger partial charge in [0.2, 0.25) is 0 Å². The molecule has 0 aromatic carbocycles. The summed E-state index contributed by atoms with van der Waals surface area (Å²) in [6, 6.07) is 1.47. The average molecular weight is 498 g/mol. The largest absolute Gasteiger partial charge is 0.463 e. The number of hydrogen-bond donors (Lipinski definition) is 0. The van der Waals surface area contributed by atoms with Gasteiger partial charge in [-0.1, -0.05) is 128 Å². The van der Waals surface area contributed by atoms with E-state index in [0.717, 1.165) is 6.42 Å². The predicted octanol–water partition coefficient (Wildman–Crippen LogP) is 6.84. The molecule has 5 heteroatoms. The van der Waals surface area contributed by atoms with Crippen LogP contribution in [0.5, 0.6) is 0 Å². The van der Waals surface area contributed by atoms with Crippen LogP contribution in [0.2, 0.25) is 6.04 Å². The first-order valence-electron chi connectivity index (χ1n) is 10.2. The lowest BCUT2D eigenvalue weighted by atomic mass is 10.0. The third kappa shape index (κ3) is 22.3. The van der Waals surface area contributed by atoms with Crippen molar-refractivity contribution < 1.29 is 9.53 Å². The number of hydrogen-bond acceptors (Lipinski definition) is 2. The minimum absolute atomic E-state index is 0.0871. The van der Waals surface area contributed by atoms with Gasteiger partial charge in [-0.15, -0.1) is 0 Å². The first-order valence-corrected chi connectivity index (χ1v) is 13.9. The van der Waals surface area contributed by atoms with Crippen molar-refractivity contribution in [1.29, 1.82) is 0 Å². The maximum Gasteiger partial charge on any atom is 0.330 e. The van der Waals surface area contributed by atoms with Gasteiger partial charge in [0.05, 0.1) is 9.97 Å². The van der Waals surface area contributed by atoms with Crippen LogP contribution in [-0.4, -0.2) is 25.5 Å². The SMILES string of the molecule is C=CC(=O)OCCCCCCCCCCCCCCCC[SiH2]C(Br)Br. The summed E-state index contributed by atoms with van der Waals surface area (Å²) in [6.45, 7) is 3.93. The Kier molecular flexibility index (Phi) is 21.0. The molecule has 0 rings (SSSR count). The van der Waals surface area contributed by atoms with Crippen molar-refractivity contribution in [3.8, 4) is 0 Å². The van der Waals surface area contributed by atoms with Crippen LogP contribution in [0.25, 0.3) is 0 Å². The second-order valence-electron chi connectivity index (χ2n) is 6.85. The molecule has 0 fully saturated rings. The van der Waals surface area contributed by atoms with E-state index in [1.165, 1.54) is 95.6 Å². The lowest BCUT2D eigenvalue weighted by molar-refractivity contribution is -0.137. The Balaban J connectivity index is 3.03. The summed E-state index contributed by atoms with van der Waals surface area (Å²) < 4.78 is 5.60. The molecule has 0 amide bonds. The molecule has 0 unspecified atom stereocenters. The number of unbranched alkanes of at least 4 members (excludes halogenated alkanes) is 13. The van der Waals surface area contributed by atoms with Gasteiger partial charge in [-0.3, -0.25) is 0 Å². The summed E-state index contributed by atoms with van der Waals surface area (Å²) in [5.41, 5.74) is 0. The van der Waals surface area contributed by atoms with E-state index in [0.29, 0.717) is 9.97 Å². The summed E-state index contributed by atoms with van der Waals surface area (Å²) >= 11 is 7.18. The molecule has 0 N–H and O–H groups in total. The zero-order chi connectivity index (χ0) is 18.6. The molecule has 0 aliphatic carbocycles. The van der Waals surface area contributed by atoms with Gasteiger partial charge in [-0.25, -0.2) is 4.79 Å². The minimum Gasteiger partial charge on any atom is -0.463 e. The van der Waals surface area contributed by atoms with Crippen molar-refractivity contribution in [3.63, 3.8) is 0 Å². The molecular weight excluding hydrogens is 460 g/mol. The Morgan fingerprint density at radius 3 is 1.60 bits per heavy atom. The number of rotatable bonds is 19. The molecule has 0 aliphatic heterocycles. The molecule has 0 saturated carbocycles. The van der Waals surface area contributed by atoms with Crippen LogP contribution in [0.3, 0.4) is 0 Å². The first kappa shape index (κ1) is 25.4. The maximum absolute atomic E-state index is 10.9. The van der Waals surface area contributed by atoms with Crippen LogP contribution in [0.15, 0.2) is 12.7 Å². The Bertz CT molecular complexity index is 312. The van der Waals surface area contributed by atoms with E-state index < -0.39 is 0 Å². The monoisotopic (exact) mass is 496 g/mol. The van der Waals surface area contributed by atoms with Crippen LogP contribution >= 0.6 is 31.9 Å². The highest BCUT2D eigenvalue weighted by Gasteiger charge is 1.99. The average Bonchev–Trinajstić information content (AvgIpc) is 2.60. The molecule has 148 valence electrons. The maximum atomic E-state index is 10.9. The molecule has 0 aromatic rings. The van der Waals surface area contributed by atoms with Crippen molar-refractivity contribution in [2.75, 3.05) is 6.61 Å². The van der Waals surface area contributed by atoms with Crippen molar-refractivity contribution in [1.82, 2.24) is 0 Å². The zero-order valence-corrected chi connectivity index (χ0v) is 20.5. The van der Waals surface area contributed by atoms with Crippen molar-refractivity contribution in [2.24, 2.45) is 0 Å². The quantitative estimate of drug-likeness (QED) is 0.0641. The summed E-state index contributed by atoms with van der Waals surface area (Å²) in [5.74, 6) is -0.302. The van der Waals surface area contributed by atoms with Crippen molar-refractivity contribution in [2.45, 2.75) is 99.3 Å². The van der Waals surface area contributed by atoms with E-state index >= 15 is 0 Å². The molecular formula is C20H38Br2O2Si. The Morgan fingerprint density at radius 1 is 0.800 bits per heavy atom. The Labute approximate surface area is 175 Å². The zero-order valence-electron chi connectivity index (χ0n) is 16.0. The third-order valence-electron chi connectivity index (χ3n) is 4.48. The van der Waals surface area contributed by atoms with E-state index in [1.807, 2.05) is 0 Å². The second kappa shape index (κ2) is 20.7. The Morgan fingerprint density at radius 2 is 1.20 bits per heavy atom. The van der Waals surface area contributed by atoms with Crippen molar-refractivity contribution in [3.05, 3.63) is 12.7 Å². The highest BCUT2D eigenvalue weighted by Crippen LogP contribution is 2.14. The molecule has 0 bridgehead atoms. The smallest absolute Gasteiger partial charge is 0.330 e. The fourth-order valence-corrected chi connectivity index (χ4v) is 5.82. The molecule has 0 aliphatic rings. The summed E-state index contributed by atoms with van der Waals surface area (Å²) in [7, 11) is 0.0871. The van der Waals surface area contributed by atoms with Crippen LogP contribution < -0.4 is 0 Å². The molecule has 0 spiro atoms. The van der Waals surface area contributed by atoms with Gasteiger partial charge in [-0.05, 0) is 6.42 Å². The van der Waals surface area contributed by atoms with E-state index in [2.05, 4.69) is 38.4 Å². The van der Waals surface area contributed by atoms with Crippen LogP contribution in [0.4, 0.5) is 0 Å². The van der Waals surface area contributed by atoms with Crippen LogP contribution in [0.1, 0.15) is 89.9 Å². The van der Waals surface area contributed by atoms with Crippen LogP contribution in [0, 0.1) is 0 Å².